The number of pyridine rings is 1. The van der Waals surface area contributed by atoms with E-state index in [9.17, 15) is 9.90 Å². The number of fused-ring (bicyclic) bond motifs is 2. The Balaban J connectivity index is 1.58. The minimum absolute atomic E-state index is 0.0262. The molecule has 2 aliphatic heterocycles. The smallest absolute Gasteiger partial charge is 0.259 e. The Kier molecular flexibility index (Phi) is 3.96. The molecule has 0 saturated carbocycles. The molecule has 2 fully saturated rings. The molecule has 0 radical (unpaired) electrons. The van der Waals surface area contributed by atoms with Crippen LogP contribution in [-0.2, 0) is 12.8 Å². The first kappa shape index (κ1) is 15.8. The number of hydrogen-bond acceptors (Lipinski definition) is 5. The van der Waals surface area contributed by atoms with Gasteiger partial charge in [0.15, 0.2) is 0 Å². The van der Waals surface area contributed by atoms with E-state index in [2.05, 4.69) is 10.3 Å². The molecule has 0 spiro atoms. The minimum Gasteiger partial charge on any atom is -0.480 e. The fourth-order valence-corrected chi connectivity index (χ4v) is 4.34. The first-order chi connectivity index (χ1) is 11.6. The first-order valence-electron chi connectivity index (χ1n) is 8.90. The van der Waals surface area contributed by atoms with Gasteiger partial charge in [0.05, 0.1) is 12.7 Å². The fraction of sp³-hybridized carbons (Fsp3) is 0.667. The van der Waals surface area contributed by atoms with E-state index < -0.39 is 5.60 Å². The summed E-state index contributed by atoms with van der Waals surface area (Å²) < 4.78 is 5.39. The highest BCUT2D eigenvalue weighted by atomic mass is 16.5. The lowest BCUT2D eigenvalue weighted by Gasteiger charge is -2.47. The summed E-state index contributed by atoms with van der Waals surface area (Å²) in [6.07, 6.45) is 4.45. The normalized spacial score (nSPS) is 29.1. The zero-order chi connectivity index (χ0) is 16.7. The number of aromatic nitrogens is 1. The fourth-order valence-electron chi connectivity index (χ4n) is 4.34. The van der Waals surface area contributed by atoms with E-state index in [0.717, 1.165) is 44.5 Å². The van der Waals surface area contributed by atoms with Crippen molar-refractivity contribution in [2.24, 2.45) is 5.92 Å². The minimum atomic E-state index is -0.623. The summed E-state index contributed by atoms with van der Waals surface area (Å²) in [5.74, 6) is 0.502. The summed E-state index contributed by atoms with van der Waals surface area (Å²) in [5, 5.41) is 14.1. The summed E-state index contributed by atoms with van der Waals surface area (Å²) >= 11 is 0. The van der Waals surface area contributed by atoms with E-state index in [1.54, 1.807) is 7.11 Å². The molecule has 1 amide bonds. The lowest BCUT2D eigenvalue weighted by Crippen LogP contribution is -2.59. The topological polar surface area (TPSA) is 74.7 Å². The molecule has 6 heteroatoms. The summed E-state index contributed by atoms with van der Waals surface area (Å²) in [6.45, 7) is 2.79. The first-order valence-corrected chi connectivity index (χ1v) is 8.90. The van der Waals surface area contributed by atoms with Crippen molar-refractivity contribution < 1.29 is 14.6 Å². The van der Waals surface area contributed by atoms with Crippen LogP contribution in [0.1, 0.15) is 40.9 Å². The number of rotatable bonds is 2. The quantitative estimate of drug-likeness (QED) is 0.837. The van der Waals surface area contributed by atoms with Crippen molar-refractivity contribution in [2.45, 2.75) is 37.7 Å². The third-order valence-electron chi connectivity index (χ3n) is 5.87. The van der Waals surface area contributed by atoms with Gasteiger partial charge in [-0.25, -0.2) is 4.98 Å². The van der Waals surface area contributed by atoms with Crippen LogP contribution in [0.25, 0.3) is 0 Å². The molecule has 2 saturated heterocycles. The second-order valence-electron chi connectivity index (χ2n) is 7.26. The second kappa shape index (κ2) is 6.01. The second-order valence-corrected chi connectivity index (χ2v) is 7.26. The predicted octanol–water partition coefficient (Wildman–Crippen LogP) is 0.765. The number of nitrogens with one attached hydrogen (secondary N) is 1. The number of methoxy groups -OCH3 is 1. The van der Waals surface area contributed by atoms with Gasteiger partial charge in [-0.15, -0.1) is 0 Å². The van der Waals surface area contributed by atoms with E-state index in [1.165, 1.54) is 5.56 Å². The van der Waals surface area contributed by atoms with Crippen molar-refractivity contribution in [3.05, 3.63) is 22.9 Å². The Morgan fingerprint density at radius 1 is 1.46 bits per heavy atom. The number of piperidine rings is 2. The van der Waals surface area contributed by atoms with Gasteiger partial charge in [0.25, 0.3) is 5.91 Å². The van der Waals surface area contributed by atoms with Crippen LogP contribution in [0.15, 0.2) is 6.07 Å². The van der Waals surface area contributed by atoms with E-state index in [0.29, 0.717) is 31.0 Å². The molecule has 2 N–H and O–H groups in total. The van der Waals surface area contributed by atoms with Crippen LogP contribution in [0, 0.1) is 5.92 Å². The zero-order valence-electron chi connectivity index (χ0n) is 14.2. The van der Waals surface area contributed by atoms with Crippen molar-refractivity contribution in [1.82, 2.24) is 15.2 Å². The van der Waals surface area contributed by atoms with Crippen molar-refractivity contribution in [2.75, 3.05) is 33.3 Å². The Morgan fingerprint density at radius 2 is 2.33 bits per heavy atom. The molecule has 6 nitrogen and oxygen atoms in total. The average molecular weight is 331 g/mol. The Bertz CT molecular complexity index is 663. The van der Waals surface area contributed by atoms with Crippen LogP contribution in [-0.4, -0.2) is 59.8 Å². The maximum Gasteiger partial charge on any atom is 0.259 e. The highest BCUT2D eigenvalue weighted by Crippen LogP contribution is 2.34. The van der Waals surface area contributed by atoms with Gasteiger partial charge in [-0.2, -0.15) is 0 Å². The molecular formula is C18H25N3O3. The molecule has 1 aromatic rings. The van der Waals surface area contributed by atoms with Gasteiger partial charge in [-0.1, -0.05) is 0 Å². The lowest BCUT2D eigenvalue weighted by atomic mass is 9.76. The van der Waals surface area contributed by atoms with Gasteiger partial charge in [0, 0.05) is 31.2 Å². The molecule has 3 heterocycles. The summed E-state index contributed by atoms with van der Waals surface area (Å²) in [6, 6.07) is 1.97. The largest absolute Gasteiger partial charge is 0.480 e. The standard InChI is InChI=1S/C18H25N3O3/c1-24-16-14(9-12-3-2-4-15(12)20-16)17(22)21-8-6-18(23)5-7-19-10-13(18)11-21/h9,13,19,23H,2-8,10-11H2,1H3/t13-,18-/m0/s1. The highest BCUT2D eigenvalue weighted by molar-refractivity contribution is 5.96. The molecule has 0 bridgehead atoms. The molecule has 1 aromatic heterocycles. The maximum absolute atomic E-state index is 13.1. The van der Waals surface area contributed by atoms with E-state index in [1.807, 2.05) is 11.0 Å². The third-order valence-corrected chi connectivity index (χ3v) is 5.87. The van der Waals surface area contributed by atoms with Gasteiger partial charge in [-0.05, 0) is 50.3 Å². The maximum atomic E-state index is 13.1. The lowest BCUT2D eigenvalue weighted by molar-refractivity contribution is -0.0817. The van der Waals surface area contributed by atoms with Crippen LogP contribution < -0.4 is 10.1 Å². The Labute approximate surface area is 142 Å². The SMILES string of the molecule is COc1nc2c(cc1C(=O)N1CC[C@@]3(O)CCNC[C@H]3C1)CCC2. The van der Waals surface area contributed by atoms with Crippen molar-refractivity contribution >= 4 is 5.91 Å². The molecule has 130 valence electrons. The van der Waals surface area contributed by atoms with Gasteiger partial charge in [0.1, 0.15) is 5.56 Å². The Morgan fingerprint density at radius 3 is 3.17 bits per heavy atom. The number of aliphatic hydroxyl groups is 1. The molecule has 0 aromatic carbocycles. The Hall–Kier alpha value is -1.66. The van der Waals surface area contributed by atoms with Gasteiger partial charge >= 0.3 is 0 Å². The van der Waals surface area contributed by atoms with Crippen molar-refractivity contribution in [1.29, 1.82) is 0 Å². The van der Waals surface area contributed by atoms with E-state index >= 15 is 0 Å². The van der Waals surface area contributed by atoms with Crippen LogP contribution in [0.4, 0.5) is 0 Å². The summed E-state index contributed by atoms with van der Waals surface area (Å²) in [5.41, 5.74) is 2.18. The number of nitrogens with zero attached hydrogens (tertiary/aromatic N) is 2. The molecule has 4 rings (SSSR count). The predicted molar refractivity (Wildman–Crippen MR) is 89.3 cm³/mol. The summed E-state index contributed by atoms with van der Waals surface area (Å²) in [4.78, 5) is 19.5. The van der Waals surface area contributed by atoms with Crippen LogP contribution in [0.2, 0.25) is 0 Å². The summed E-state index contributed by atoms with van der Waals surface area (Å²) in [7, 11) is 1.57. The molecule has 3 aliphatic rings. The van der Waals surface area contributed by atoms with Crippen molar-refractivity contribution in [3.8, 4) is 5.88 Å². The van der Waals surface area contributed by atoms with Gasteiger partial charge in [0.2, 0.25) is 5.88 Å². The molecule has 24 heavy (non-hydrogen) atoms. The third kappa shape index (κ3) is 2.58. The number of carbonyl (C=O) groups is 1. The number of aryl methyl sites for hydroxylation is 2. The molecule has 0 unspecified atom stereocenters. The van der Waals surface area contributed by atoms with Gasteiger partial charge < -0.3 is 20.1 Å². The highest BCUT2D eigenvalue weighted by Gasteiger charge is 2.44. The number of carbonyl (C=O) groups excluding carboxylic acids is 1. The number of amides is 1. The number of hydrogen-bond donors (Lipinski definition) is 2. The number of likely N-dealkylation sites (tertiary alicyclic amines) is 1. The molecule has 1 aliphatic carbocycles. The van der Waals surface area contributed by atoms with E-state index in [-0.39, 0.29) is 11.8 Å². The molecular weight excluding hydrogens is 306 g/mol. The average Bonchev–Trinajstić information content (AvgIpc) is 3.06. The number of ether oxygens (including phenoxy) is 1. The van der Waals surface area contributed by atoms with Crippen LogP contribution >= 0.6 is 0 Å². The van der Waals surface area contributed by atoms with Crippen LogP contribution in [0.3, 0.4) is 0 Å². The zero-order valence-corrected chi connectivity index (χ0v) is 14.2. The van der Waals surface area contributed by atoms with Crippen molar-refractivity contribution in [3.63, 3.8) is 0 Å². The monoisotopic (exact) mass is 331 g/mol. The molecule has 2 atom stereocenters. The van der Waals surface area contributed by atoms with Gasteiger partial charge in [-0.3, -0.25) is 4.79 Å². The van der Waals surface area contributed by atoms with E-state index in [4.69, 9.17) is 4.74 Å². The van der Waals surface area contributed by atoms with Crippen LogP contribution in [0.5, 0.6) is 5.88 Å².